The molecule has 0 heterocycles. The van der Waals surface area contributed by atoms with Gasteiger partial charge in [-0.1, -0.05) is 0 Å². The van der Waals surface area contributed by atoms with Gasteiger partial charge in [0.15, 0.2) is 0 Å². The highest BCUT2D eigenvalue weighted by atomic mass is 32.1. The Morgan fingerprint density at radius 3 is 0.867 bits per heavy atom. The van der Waals surface area contributed by atoms with E-state index in [2.05, 4.69) is 50.5 Å². The van der Waals surface area contributed by atoms with Crippen LogP contribution in [0.5, 0.6) is 0 Å². The third-order valence-corrected chi connectivity index (χ3v) is 4.07. The summed E-state index contributed by atoms with van der Waals surface area (Å²) in [5, 5.41) is 0. The van der Waals surface area contributed by atoms with Gasteiger partial charge in [0, 0.05) is 23.0 Å². The average Bonchev–Trinajstić information content (AvgIpc) is 2.76. The minimum Gasteiger partial charge on any atom is -0.461 e. The molecule has 0 saturated heterocycles. The summed E-state index contributed by atoms with van der Waals surface area (Å²) >= 11 is 15.8. The molecule has 30 heavy (non-hydrogen) atoms. The molecule has 0 saturated carbocycles. The van der Waals surface area contributed by atoms with E-state index in [1.165, 1.54) is 0 Å². The first-order valence-electron chi connectivity index (χ1n) is 8.71. The van der Waals surface area contributed by atoms with Crippen molar-refractivity contribution in [2.45, 2.75) is 0 Å². The number of hydrogen-bond donors (Lipinski definition) is 4. The molecule has 0 atom stereocenters. The van der Waals surface area contributed by atoms with E-state index in [1.807, 2.05) is 0 Å². The maximum absolute atomic E-state index is 12.5. The molecule has 0 aromatic heterocycles. The van der Waals surface area contributed by atoms with E-state index in [9.17, 15) is 19.2 Å². The lowest BCUT2D eigenvalue weighted by atomic mass is 9.98. The van der Waals surface area contributed by atoms with E-state index < -0.39 is 23.9 Å². The quantitative estimate of drug-likeness (QED) is 0.199. The fraction of sp³-hybridized carbons (Fsp3) is 0.444. The third kappa shape index (κ3) is 7.97. The lowest BCUT2D eigenvalue weighted by Crippen LogP contribution is -2.21. The second-order valence-electron chi connectivity index (χ2n) is 5.38. The van der Waals surface area contributed by atoms with Gasteiger partial charge in [-0.2, -0.15) is 50.5 Å². The van der Waals surface area contributed by atoms with Crippen LogP contribution in [0.2, 0.25) is 0 Å². The van der Waals surface area contributed by atoms with Crippen LogP contribution in [0.15, 0.2) is 12.1 Å². The van der Waals surface area contributed by atoms with Gasteiger partial charge in [0.25, 0.3) is 0 Å². The average molecular weight is 495 g/mol. The molecule has 12 heteroatoms. The molecule has 0 unspecified atom stereocenters. The molecule has 0 aliphatic heterocycles. The fourth-order valence-electron chi connectivity index (χ4n) is 2.14. The van der Waals surface area contributed by atoms with Crippen molar-refractivity contribution in [3.8, 4) is 0 Å². The first-order valence-corrected chi connectivity index (χ1v) is 11.2. The van der Waals surface area contributed by atoms with Crippen LogP contribution in [0.1, 0.15) is 41.4 Å². The number of thiol groups is 4. The van der Waals surface area contributed by atoms with Crippen LogP contribution in [0.3, 0.4) is 0 Å². The van der Waals surface area contributed by atoms with Crippen LogP contribution in [0.25, 0.3) is 0 Å². The number of hydrogen-bond acceptors (Lipinski definition) is 12. The molecule has 0 radical (unpaired) electrons. The van der Waals surface area contributed by atoms with Crippen molar-refractivity contribution in [3.05, 3.63) is 34.4 Å². The summed E-state index contributed by atoms with van der Waals surface area (Å²) in [5.74, 6) is -2.57. The monoisotopic (exact) mass is 494 g/mol. The van der Waals surface area contributed by atoms with Gasteiger partial charge >= 0.3 is 23.9 Å². The molecule has 0 bridgehead atoms. The van der Waals surface area contributed by atoms with Crippen LogP contribution in [0, 0.1) is 0 Å². The van der Waals surface area contributed by atoms with Gasteiger partial charge < -0.3 is 18.9 Å². The van der Waals surface area contributed by atoms with Gasteiger partial charge in [0.2, 0.25) is 0 Å². The van der Waals surface area contributed by atoms with Crippen molar-refractivity contribution >= 4 is 74.4 Å². The highest BCUT2D eigenvalue weighted by Gasteiger charge is 2.28. The van der Waals surface area contributed by atoms with Crippen molar-refractivity contribution in [2.24, 2.45) is 0 Å². The SMILES string of the molecule is O=C(OCCS)c1cc(C(=O)OCCS)c(C(=O)OCCS)cc1C(=O)OCCS. The predicted molar refractivity (Wildman–Crippen MR) is 123 cm³/mol. The second kappa shape index (κ2) is 14.5. The Labute approximate surface area is 196 Å². The van der Waals surface area contributed by atoms with Crippen LogP contribution in [0.4, 0.5) is 0 Å². The number of carbonyl (C=O) groups excluding carboxylic acids is 4. The highest BCUT2D eigenvalue weighted by Crippen LogP contribution is 2.22. The van der Waals surface area contributed by atoms with E-state index in [0.29, 0.717) is 0 Å². The number of ether oxygens (including phenoxy) is 4. The summed E-state index contributed by atoms with van der Waals surface area (Å²) in [6, 6.07) is 2.10. The van der Waals surface area contributed by atoms with E-state index in [1.54, 1.807) is 0 Å². The Bertz CT molecular complexity index is 647. The predicted octanol–water partition coefficient (Wildman–Crippen LogP) is 2.03. The minimum absolute atomic E-state index is 0.0295. The summed E-state index contributed by atoms with van der Waals surface area (Å²) in [4.78, 5) is 49.9. The van der Waals surface area contributed by atoms with E-state index >= 15 is 0 Å². The number of carbonyl (C=O) groups is 4. The summed E-state index contributed by atoms with van der Waals surface area (Å²) in [6.45, 7) is -0.118. The maximum atomic E-state index is 12.5. The molecule has 0 aliphatic rings. The summed E-state index contributed by atoms with van der Waals surface area (Å²) in [6.07, 6.45) is 0. The highest BCUT2D eigenvalue weighted by molar-refractivity contribution is 7.80. The summed E-state index contributed by atoms with van der Waals surface area (Å²) in [5.41, 5.74) is -1.04. The Morgan fingerprint density at radius 1 is 0.500 bits per heavy atom. The van der Waals surface area contributed by atoms with Crippen molar-refractivity contribution in [1.82, 2.24) is 0 Å². The van der Waals surface area contributed by atoms with E-state index in [-0.39, 0.29) is 71.7 Å². The van der Waals surface area contributed by atoms with Crippen molar-refractivity contribution < 1.29 is 38.1 Å². The normalized spacial score (nSPS) is 10.3. The molecule has 1 aromatic carbocycles. The van der Waals surface area contributed by atoms with Crippen LogP contribution in [-0.2, 0) is 18.9 Å². The Kier molecular flexibility index (Phi) is 12.8. The van der Waals surface area contributed by atoms with Gasteiger partial charge in [-0.25, -0.2) is 19.2 Å². The van der Waals surface area contributed by atoms with Crippen molar-refractivity contribution in [1.29, 1.82) is 0 Å². The fourth-order valence-corrected chi connectivity index (χ4v) is 2.50. The molecule has 0 amide bonds. The first-order chi connectivity index (χ1) is 14.4. The molecular weight excluding hydrogens is 472 g/mol. The molecule has 0 N–H and O–H groups in total. The molecule has 0 aliphatic carbocycles. The second-order valence-corrected chi connectivity index (χ2v) is 7.17. The van der Waals surface area contributed by atoms with Gasteiger partial charge in [0.05, 0.1) is 22.3 Å². The smallest absolute Gasteiger partial charge is 0.339 e. The summed E-state index contributed by atoms with van der Waals surface area (Å²) in [7, 11) is 0. The molecule has 1 aromatic rings. The van der Waals surface area contributed by atoms with Gasteiger partial charge in [-0.05, 0) is 12.1 Å². The lowest BCUT2D eigenvalue weighted by Gasteiger charge is -2.14. The Balaban J connectivity index is 3.54. The summed E-state index contributed by atoms with van der Waals surface area (Å²) < 4.78 is 20.1. The van der Waals surface area contributed by atoms with Crippen molar-refractivity contribution in [2.75, 3.05) is 49.4 Å². The van der Waals surface area contributed by atoms with Crippen LogP contribution < -0.4 is 0 Å². The molecule has 8 nitrogen and oxygen atoms in total. The van der Waals surface area contributed by atoms with Crippen molar-refractivity contribution in [3.63, 3.8) is 0 Å². The molecule has 166 valence electrons. The molecule has 1 rings (SSSR count). The minimum atomic E-state index is -0.889. The zero-order valence-corrected chi connectivity index (χ0v) is 19.4. The van der Waals surface area contributed by atoms with Crippen LogP contribution >= 0.6 is 50.5 Å². The van der Waals surface area contributed by atoms with Gasteiger partial charge in [-0.3, -0.25) is 0 Å². The largest absolute Gasteiger partial charge is 0.461 e. The third-order valence-electron chi connectivity index (χ3n) is 3.34. The maximum Gasteiger partial charge on any atom is 0.339 e. The zero-order valence-electron chi connectivity index (χ0n) is 15.9. The Hall–Kier alpha value is -1.50. The molecular formula is C18H22O8S4. The number of benzene rings is 1. The lowest BCUT2D eigenvalue weighted by molar-refractivity contribution is 0.0467. The van der Waals surface area contributed by atoms with E-state index in [0.717, 1.165) is 12.1 Å². The first kappa shape index (κ1) is 26.5. The standard InChI is InChI=1S/C18H22O8S4/c19-15(23-1-5-27)11-9-13(17(21)25-3-7-29)14(18(22)26-4-8-30)10-12(11)16(20)24-2-6-28/h9-10,27-30H,1-8H2. The molecule has 0 spiro atoms. The molecule has 0 fully saturated rings. The Morgan fingerprint density at radius 2 is 0.700 bits per heavy atom. The van der Waals surface area contributed by atoms with Gasteiger partial charge in [0.1, 0.15) is 26.4 Å². The van der Waals surface area contributed by atoms with Gasteiger partial charge in [-0.15, -0.1) is 0 Å². The number of rotatable bonds is 12. The van der Waals surface area contributed by atoms with E-state index in [4.69, 9.17) is 18.9 Å². The number of esters is 4. The van der Waals surface area contributed by atoms with Crippen LogP contribution in [-0.4, -0.2) is 73.3 Å². The zero-order chi connectivity index (χ0) is 22.5. The topological polar surface area (TPSA) is 105 Å².